The summed E-state index contributed by atoms with van der Waals surface area (Å²) in [6.45, 7) is 5.82. The van der Waals surface area contributed by atoms with Crippen molar-refractivity contribution in [3.63, 3.8) is 0 Å². The summed E-state index contributed by atoms with van der Waals surface area (Å²) >= 11 is 0. The second kappa shape index (κ2) is 11.2. The van der Waals surface area contributed by atoms with Crippen molar-refractivity contribution in [2.45, 2.75) is 113 Å². The van der Waals surface area contributed by atoms with Crippen molar-refractivity contribution in [3.05, 3.63) is 11.6 Å². The van der Waals surface area contributed by atoms with E-state index in [4.69, 9.17) is 18.9 Å². The summed E-state index contributed by atoms with van der Waals surface area (Å²) in [5.41, 5.74) is -2.95. The zero-order valence-electron chi connectivity index (χ0n) is 21.2. The lowest BCUT2D eigenvalue weighted by molar-refractivity contribution is -0.318. The molecule has 3 aliphatic rings. The summed E-state index contributed by atoms with van der Waals surface area (Å²) in [5.74, 6) is 0. The Morgan fingerprint density at radius 3 is 2.31 bits per heavy atom. The number of ether oxygens (including phenoxy) is 4. The molecule has 0 bridgehead atoms. The van der Waals surface area contributed by atoms with Crippen LogP contribution in [0.5, 0.6) is 0 Å². The second-order valence-corrected chi connectivity index (χ2v) is 11.1. The quantitative estimate of drug-likeness (QED) is 0.154. The summed E-state index contributed by atoms with van der Waals surface area (Å²) in [6.07, 6.45) is -8.41. The fourth-order valence-corrected chi connectivity index (χ4v) is 5.25. The first-order valence-electron chi connectivity index (χ1n) is 12.3. The normalized spacial score (nSPS) is 45.9. The number of hydrogen-bond acceptors (Lipinski definition) is 12. The van der Waals surface area contributed by atoms with E-state index in [2.05, 4.69) is 0 Å². The molecule has 2 heterocycles. The molecule has 12 heteroatoms. The van der Waals surface area contributed by atoms with Crippen molar-refractivity contribution < 1.29 is 59.8 Å². The summed E-state index contributed by atoms with van der Waals surface area (Å²) in [7, 11) is 0. The highest BCUT2D eigenvalue weighted by Crippen LogP contribution is 2.47. The summed E-state index contributed by atoms with van der Waals surface area (Å²) in [6, 6.07) is 0. The maximum absolute atomic E-state index is 11.4. The monoisotopic (exact) mass is 522 g/mol. The number of hydrogen-bond donors (Lipinski definition) is 8. The Hall–Kier alpha value is -0.740. The van der Waals surface area contributed by atoms with Crippen LogP contribution in [0, 0.1) is 5.41 Å². The number of aliphatic hydroxyl groups is 8. The van der Waals surface area contributed by atoms with E-state index in [0.717, 1.165) is 0 Å². The molecule has 210 valence electrons. The van der Waals surface area contributed by atoms with Gasteiger partial charge in [0.05, 0.1) is 37.6 Å². The standard InChI is InChI=1S/C24H42O12/c1-12-7-14(26)8-22(3,4)24(12,32)6-5-13(2)35-20-18(29)17(28)16(27)15(36-20)9-33-21-19(30)23(31,10-25)11-34-21/h7,13-21,25-32H,5-6,8-11H2,1-4H3. The van der Waals surface area contributed by atoms with Gasteiger partial charge in [-0.15, -0.1) is 0 Å². The average Bonchev–Trinajstić information content (AvgIpc) is 3.09. The van der Waals surface area contributed by atoms with Gasteiger partial charge in [0, 0.05) is 5.41 Å². The summed E-state index contributed by atoms with van der Waals surface area (Å²) < 4.78 is 22.0. The average molecular weight is 523 g/mol. The Morgan fingerprint density at radius 2 is 1.72 bits per heavy atom. The maximum atomic E-state index is 11.4. The van der Waals surface area contributed by atoms with Crippen LogP contribution in [-0.4, -0.2) is 127 Å². The molecule has 11 atom stereocenters. The van der Waals surface area contributed by atoms with E-state index in [1.807, 2.05) is 13.8 Å². The molecule has 0 radical (unpaired) electrons. The summed E-state index contributed by atoms with van der Waals surface area (Å²) in [4.78, 5) is 0. The third kappa shape index (κ3) is 5.80. The van der Waals surface area contributed by atoms with Crippen LogP contribution in [0.2, 0.25) is 0 Å². The summed E-state index contributed by atoms with van der Waals surface area (Å²) in [5, 5.41) is 81.9. The van der Waals surface area contributed by atoms with E-state index in [-0.39, 0.29) is 13.2 Å². The minimum Gasteiger partial charge on any atom is -0.393 e. The van der Waals surface area contributed by atoms with Gasteiger partial charge in [-0.25, -0.2) is 0 Å². The van der Waals surface area contributed by atoms with Gasteiger partial charge in [-0.3, -0.25) is 0 Å². The largest absolute Gasteiger partial charge is 0.393 e. The molecule has 0 aromatic carbocycles. The third-order valence-electron chi connectivity index (χ3n) is 7.89. The SMILES string of the molecule is CC1=CC(O)CC(C)(C)C1(O)CCC(C)OC1OC(COC2OCC(O)(CO)C2O)C(O)C(O)C1O. The zero-order valence-corrected chi connectivity index (χ0v) is 21.2. The van der Waals surface area contributed by atoms with Crippen molar-refractivity contribution in [2.75, 3.05) is 19.8 Å². The molecule has 8 N–H and O–H groups in total. The minimum atomic E-state index is -1.88. The fourth-order valence-electron chi connectivity index (χ4n) is 5.25. The van der Waals surface area contributed by atoms with Crippen molar-refractivity contribution in [3.8, 4) is 0 Å². The molecule has 11 unspecified atom stereocenters. The van der Waals surface area contributed by atoms with Gasteiger partial charge >= 0.3 is 0 Å². The van der Waals surface area contributed by atoms with Crippen LogP contribution in [-0.2, 0) is 18.9 Å². The Balaban J connectivity index is 1.58. The van der Waals surface area contributed by atoms with E-state index < -0.39 is 78.5 Å². The molecule has 12 nitrogen and oxygen atoms in total. The van der Waals surface area contributed by atoms with Gasteiger partial charge in [0.2, 0.25) is 0 Å². The molecule has 3 rings (SSSR count). The first-order chi connectivity index (χ1) is 16.6. The molecule has 0 aromatic heterocycles. The highest BCUT2D eigenvalue weighted by molar-refractivity contribution is 5.25. The molecule has 1 aliphatic carbocycles. The van der Waals surface area contributed by atoms with Gasteiger partial charge in [0.25, 0.3) is 0 Å². The van der Waals surface area contributed by atoms with E-state index in [9.17, 15) is 40.9 Å². The van der Waals surface area contributed by atoms with Crippen LogP contribution in [0.25, 0.3) is 0 Å². The van der Waals surface area contributed by atoms with Crippen molar-refractivity contribution in [1.29, 1.82) is 0 Å². The van der Waals surface area contributed by atoms with Gasteiger partial charge in [0.1, 0.15) is 36.1 Å². The third-order valence-corrected chi connectivity index (χ3v) is 7.89. The van der Waals surface area contributed by atoms with E-state index in [1.54, 1.807) is 19.9 Å². The fraction of sp³-hybridized carbons (Fsp3) is 0.917. The molecule has 0 spiro atoms. The number of aliphatic hydroxyl groups excluding tert-OH is 6. The van der Waals surface area contributed by atoms with Gasteiger partial charge in [0.15, 0.2) is 12.6 Å². The van der Waals surface area contributed by atoms with Crippen molar-refractivity contribution in [2.24, 2.45) is 5.41 Å². The van der Waals surface area contributed by atoms with Crippen LogP contribution in [0.4, 0.5) is 0 Å². The Morgan fingerprint density at radius 1 is 1.06 bits per heavy atom. The van der Waals surface area contributed by atoms with E-state index in [1.165, 1.54) is 0 Å². The van der Waals surface area contributed by atoms with Gasteiger partial charge in [-0.05, 0) is 38.7 Å². The first-order valence-corrected chi connectivity index (χ1v) is 12.3. The highest BCUT2D eigenvalue weighted by atomic mass is 16.7. The Kier molecular flexibility index (Phi) is 9.25. The van der Waals surface area contributed by atoms with Crippen LogP contribution in [0.1, 0.15) is 47.0 Å². The predicted molar refractivity (Wildman–Crippen MR) is 123 cm³/mol. The molecule has 0 amide bonds. The van der Waals surface area contributed by atoms with Crippen LogP contribution in [0.3, 0.4) is 0 Å². The lowest BCUT2D eigenvalue weighted by Crippen LogP contribution is -2.60. The smallest absolute Gasteiger partial charge is 0.186 e. The van der Waals surface area contributed by atoms with Crippen molar-refractivity contribution in [1.82, 2.24) is 0 Å². The van der Waals surface area contributed by atoms with Crippen molar-refractivity contribution >= 4 is 0 Å². The van der Waals surface area contributed by atoms with Crippen LogP contribution in [0.15, 0.2) is 11.6 Å². The zero-order chi connectivity index (χ0) is 27.1. The van der Waals surface area contributed by atoms with Crippen LogP contribution < -0.4 is 0 Å². The Bertz CT molecular complexity index is 776. The molecular formula is C24H42O12. The molecule has 2 aliphatic heterocycles. The van der Waals surface area contributed by atoms with Gasteiger partial charge in [-0.1, -0.05) is 19.9 Å². The Labute approximate surface area is 210 Å². The van der Waals surface area contributed by atoms with Crippen LogP contribution >= 0.6 is 0 Å². The molecule has 2 saturated heterocycles. The number of rotatable bonds is 9. The molecule has 36 heavy (non-hydrogen) atoms. The molecule has 2 fully saturated rings. The lowest BCUT2D eigenvalue weighted by Gasteiger charge is -2.48. The van der Waals surface area contributed by atoms with E-state index >= 15 is 0 Å². The predicted octanol–water partition coefficient (Wildman–Crippen LogP) is -2.10. The van der Waals surface area contributed by atoms with Gasteiger partial charge in [-0.2, -0.15) is 0 Å². The molecule has 0 aromatic rings. The topological polar surface area (TPSA) is 199 Å². The maximum Gasteiger partial charge on any atom is 0.186 e. The van der Waals surface area contributed by atoms with E-state index in [0.29, 0.717) is 24.8 Å². The molecule has 0 saturated carbocycles. The minimum absolute atomic E-state index is 0.321. The lowest BCUT2D eigenvalue weighted by atomic mass is 9.62. The highest BCUT2D eigenvalue weighted by Gasteiger charge is 2.51. The first kappa shape index (κ1) is 29.8. The van der Waals surface area contributed by atoms with Gasteiger partial charge < -0.3 is 59.8 Å². The second-order valence-electron chi connectivity index (χ2n) is 11.1. The molecular weight excluding hydrogens is 480 g/mol.